The summed E-state index contributed by atoms with van der Waals surface area (Å²) in [4.78, 5) is 12.5. The number of carbonyl (C=O) groups excluding carboxylic acids is 1. The van der Waals surface area contributed by atoms with E-state index < -0.39 is 5.91 Å². The van der Waals surface area contributed by atoms with Gasteiger partial charge >= 0.3 is 0 Å². The Balaban J connectivity index is 1.48. The largest absolute Gasteiger partial charge is 0.451 e. The normalized spacial score (nSPS) is 10.6. The number of anilines is 1. The van der Waals surface area contributed by atoms with Gasteiger partial charge in [0, 0.05) is 16.6 Å². The highest BCUT2D eigenvalue weighted by atomic mass is 35.5. The van der Waals surface area contributed by atoms with E-state index in [2.05, 4.69) is 10.6 Å². The van der Waals surface area contributed by atoms with E-state index in [1.54, 1.807) is 18.2 Å². The van der Waals surface area contributed by atoms with Crippen LogP contribution in [0.15, 0.2) is 83.3 Å². The van der Waals surface area contributed by atoms with Crippen molar-refractivity contribution in [3.05, 3.63) is 89.6 Å². The zero-order chi connectivity index (χ0) is 19.5. The van der Waals surface area contributed by atoms with Gasteiger partial charge in [0.1, 0.15) is 5.76 Å². The summed E-state index contributed by atoms with van der Waals surface area (Å²) in [5, 5.41) is 8.55. The number of nitrogens with one attached hydrogen (secondary N) is 2. The van der Waals surface area contributed by atoms with Gasteiger partial charge in [0.05, 0.1) is 5.02 Å². The predicted molar refractivity (Wildman–Crippen MR) is 117 cm³/mol. The molecule has 3 aromatic carbocycles. The van der Waals surface area contributed by atoms with Gasteiger partial charge in [-0.15, -0.1) is 0 Å². The molecule has 6 heteroatoms. The first kappa shape index (κ1) is 18.2. The van der Waals surface area contributed by atoms with Crippen molar-refractivity contribution in [2.75, 3.05) is 5.32 Å². The lowest BCUT2D eigenvalue weighted by atomic mass is 10.1. The summed E-state index contributed by atoms with van der Waals surface area (Å²) >= 11 is 11.5. The molecule has 0 bridgehead atoms. The number of carbonyl (C=O) groups is 1. The molecular weight excluding hydrogens is 392 g/mol. The third-order valence-electron chi connectivity index (χ3n) is 4.23. The second-order valence-corrected chi connectivity index (χ2v) is 6.89. The molecule has 0 fully saturated rings. The smallest absolute Gasteiger partial charge is 0.293 e. The number of amides is 1. The molecule has 0 aliphatic carbocycles. The zero-order valence-electron chi connectivity index (χ0n) is 14.6. The third-order valence-corrected chi connectivity index (χ3v) is 4.77. The molecular formula is C22H15ClN2O2S. The van der Waals surface area contributed by atoms with Crippen LogP contribution in [0.2, 0.25) is 5.02 Å². The summed E-state index contributed by atoms with van der Waals surface area (Å²) in [6, 6.07) is 24.4. The Hall–Kier alpha value is -3.15. The van der Waals surface area contributed by atoms with Gasteiger partial charge in [0.15, 0.2) is 10.9 Å². The molecule has 1 amide bonds. The van der Waals surface area contributed by atoms with Gasteiger partial charge in [-0.2, -0.15) is 0 Å². The molecule has 2 N–H and O–H groups in total. The molecule has 0 atom stereocenters. The molecule has 4 nitrogen and oxygen atoms in total. The summed E-state index contributed by atoms with van der Waals surface area (Å²) < 4.78 is 5.65. The SMILES string of the molecule is O=C(NC(=S)Nc1cccc2ccccc12)c1ccc(-c2ccccc2Cl)o1. The molecule has 0 radical (unpaired) electrons. The first-order valence-corrected chi connectivity index (χ1v) is 9.35. The highest BCUT2D eigenvalue weighted by Gasteiger charge is 2.15. The van der Waals surface area contributed by atoms with Crippen LogP contribution in [0.1, 0.15) is 10.6 Å². The molecule has 4 aromatic rings. The van der Waals surface area contributed by atoms with Crippen molar-refractivity contribution < 1.29 is 9.21 Å². The van der Waals surface area contributed by atoms with Crippen LogP contribution in [-0.2, 0) is 0 Å². The lowest BCUT2D eigenvalue weighted by Crippen LogP contribution is -2.33. The summed E-state index contributed by atoms with van der Waals surface area (Å²) in [7, 11) is 0. The van der Waals surface area contributed by atoms with Gasteiger partial charge in [0.25, 0.3) is 5.91 Å². The average molecular weight is 407 g/mol. The molecule has 138 valence electrons. The standard InChI is InChI=1S/C22H15ClN2O2S/c23-17-10-4-3-9-16(17)19-12-13-20(27-19)21(26)25-22(28)24-18-11-5-7-14-6-1-2-8-15(14)18/h1-13H,(H2,24,25,26,28). The topological polar surface area (TPSA) is 54.3 Å². The van der Waals surface area contributed by atoms with E-state index in [1.165, 1.54) is 0 Å². The Bertz CT molecular complexity index is 1180. The van der Waals surface area contributed by atoms with E-state index in [-0.39, 0.29) is 10.9 Å². The summed E-state index contributed by atoms with van der Waals surface area (Å²) in [6.07, 6.45) is 0. The van der Waals surface area contributed by atoms with Crippen LogP contribution in [0.3, 0.4) is 0 Å². The van der Waals surface area contributed by atoms with E-state index >= 15 is 0 Å². The Morgan fingerprint density at radius 3 is 2.50 bits per heavy atom. The summed E-state index contributed by atoms with van der Waals surface area (Å²) in [6.45, 7) is 0. The highest BCUT2D eigenvalue weighted by molar-refractivity contribution is 7.80. The number of hydrogen-bond donors (Lipinski definition) is 2. The zero-order valence-corrected chi connectivity index (χ0v) is 16.2. The maximum atomic E-state index is 12.5. The number of rotatable bonds is 3. The number of thiocarbonyl (C=S) groups is 1. The van der Waals surface area contributed by atoms with Gasteiger partial charge in [-0.25, -0.2) is 0 Å². The van der Waals surface area contributed by atoms with E-state index in [9.17, 15) is 4.79 Å². The molecule has 0 aliphatic heterocycles. The molecule has 0 saturated carbocycles. The quantitative estimate of drug-likeness (QED) is 0.417. The van der Waals surface area contributed by atoms with Crippen LogP contribution in [-0.4, -0.2) is 11.0 Å². The molecule has 0 saturated heterocycles. The monoisotopic (exact) mass is 406 g/mol. The highest BCUT2D eigenvalue weighted by Crippen LogP contribution is 2.29. The van der Waals surface area contributed by atoms with E-state index in [0.717, 1.165) is 22.0 Å². The molecule has 1 aromatic heterocycles. The van der Waals surface area contributed by atoms with Crippen LogP contribution < -0.4 is 10.6 Å². The van der Waals surface area contributed by atoms with Gasteiger partial charge < -0.3 is 9.73 Å². The minimum atomic E-state index is -0.434. The number of hydrogen-bond acceptors (Lipinski definition) is 3. The lowest BCUT2D eigenvalue weighted by molar-refractivity contribution is 0.0951. The van der Waals surface area contributed by atoms with Crippen LogP contribution >= 0.6 is 23.8 Å². The van der Waals surface area contributed by atoms with Crippen LogP contribution in [0.25, 0.3) is 22.1 Å². The average Bonchev–Trinajstić information content (AvgIpc) is 3.19. The van der Waals surface area contributed by atoms with Crippen molar-refractivity contribution in [2.45, 2.75) is 0 Å². The van der Waals surface area contributed by atoms with E-state index in [4.69, 9.17) is 28.2 Å². The number of benzene rings is 3. The van der Waals surface area contributed by atoms with Crippen molar-refractivity contribution in [3.63, 3.8) is 0 Å². The Labute approximate surface area is 172 Å². The fourth-order valence-corrected chi connectivity index (χ4v) is 3.35. The second kappa shape index (κ2) is 7.84. The molecule has 28 heavy (non-hydrogen) atoms. The van der Waals surface area contributed by atoms with E-state index in [0.29, 0.717) is 10.8 Å². The number of fused-ring (bicyclic) bond motifs is 1. The molecule has 1 heterocycles. The van der Waals surface area contributed by atoms with Crippen molar-refractivity contribution in [3.8, 4) is 11.3 Å². The first-order chi connectivity index (χ1) is 13.6. The summed E-state index contributed by atoms with van der Waals surface area (Å²) in [5.41, 5.74) is 1.54. The number of halogens is 1. The van der Waals surface area contributed by atoms with Crippen molar-refractivity contribution in [1.29, 1.82) is 0 Å². The Morgan fingerprint density at radius 2 is 1.64 bits per heavy atom. The van der Waals surface area contributed by atoms with E-state index in [1.807, 2.05) is 60.7 Å². The molecule has 0 aliphatic rings. The van der Waals surface area contributed by atoms with Crippen molar-refractivity contribution in [2.24, 2.45) is 0 Å². The molecule has 0 spiro atoms. The minimum Gasteiger partial charge on any atom is -0.451 e. The fourth-order valence-electron chi connectivity index (χ4n) is 2.92. The minimum absolute atomic E-state index is 0.150. The maximum absolute atomic E-state index is 12.5. The lowest BCUT2D eigenvalue weighted by Gasteiger charge is -2.11. The summed E-state index contributed by atoms with van der Waals surface area (Å²) in [5.74, 6) is 0.233. The predicted octanol–water partition coefficient (Wildman–Crippen LogP) is 5.88. The second-order valence-electron chi connectivity index (χ2n) is 6.08. The van der Waals surface area contributed by atoms with Gasteiger partial charge in [0.2, 0.25) is 0 Å². The Kier molecular flexibility index (Phi) is 5.10. The molecule has 0 unspecified atom stereocenters. The van der Waals surface area contributed by atoms with Crippen molar-refractivity contribution >= 4 is 51.3 Å². The maximum Gasteiger partial charge on any atom is 0.293 e. The fraction of sp³-hybridized carbons (Fsp3) is 0. The number of furan rings is 1. The molecule has 4 rings (SSSR count). The van der Waals surface area contributed by atoms with Crippen LogP contribution in [0, 0.1) is 0 Å². The van der Waals surface area contributed by atoms with Crippen LogP contribution in [0.5, 0.6) is 0 Å². The first-order valence-electron chi connectivity index (χ1n) is 8.56. The van der Waals surface area contributed by atoms with Crippen molar-refractivity contribution in [1.82, 2.24) is 5.32 Å². The van der Waals surface area contributed by atoms with Crippen LogP contribution in [0.4, 0.5) is 5.69 Å². The Morgan fingerprint density at radius 1 is 0.893 bits per heavy atom. The van der Waals surface area contributed by atoms with Gasteiger partial charge in [-0.05, 0) is 47.9 Å². The van der Waals surface area contributed by atoms with Gasteiger partial charge in [-0.1, -0.05) is 60.1 Å². The van der Waals surface area contributed by atoms with Gasteiger partial charge in [-0.3, -0.25) is 10.1 Å². The third kappa shape index (κ3) is 3.76.